The van der Waals surface area contributed by atoms with Gasteiger partial charge in [0.15, 0.2) is 0 Å². The Hall–Kier alpha value is -2.27. The molecule has 0 saturated carbocycles. The molecule has 2 rings (SSSR count). The molecule has 0 amide bonds. The summed E-state index contributed by atoms with van der Waals surface area (Å²) in [5.41, 5.74) is 3.83. The second kappa shape index (κ2) is 7.50. The number of hydrogen-bond acceptors (Lipinski definition) is 2. The summed E-state index contributed by atoms with van der Waals surface area (Å²) < 4.78 is 5.12. The lowest BCUT2D eigenvalue weighted by atomic mass is 10.1. The van der Waals surface area contributed by atoms with Crippen LogP contribution in [0.15, 0.2) is 48.5 Å². The van der Waals surface area contributed by atoms with E-state index in [1.165, 1.54) is 11.6 Å². The molecule has 4 nitrogen and oxygen atoms in total. The number of methoxy groups -OCH3 is 1. The maximum Gasteiger partial charge on any atom is 0.337 e. The molecule has 0 saturated heterocycles. The molecule has 21 heavy (non-hydrogen) atoms. The first-order valence-electron chi connectivity index (χ1n) is 6.41. The van der Waals surface area contributed by atoms with Crippen molar-refractivity contribution in [2.24, 2.45) is 0 Å². The maximum absolute atomic E-state index is 11.2. The van der Waals surface area contributed by atoms with Crippen molar-refractivity contribution in [2.75, 3.05) is 12.4 Å². The van der Waals surface area contributed by atoms with Gasteiger partial charge in [-0.15, -0.1) is 0 Å². The van der Waals surface area contributed by atoms with E-state index in [-0.39, 0.29) is 5.56 Å². The van der Waals surface area contributed by atoms with Crippen LogP contribution in [0.2, 0.25) is 0 Å². The number of rotatable bonds is 6. The van der Waals surface area contributed by atoms with Gasteiger partial charge in [0, 0.05) is 17.3 Å². The van der Waals surface area contributed by atoms with Gasteiger partial charge in [-0.05, 0) is 17.7 Å². The SMILES string of the molecule is COc1ccc(C(=O)O)c(NC=[SH]Cc2ccccc2)c1. The zero-order chi connectivity index (χ0) is 15.1. The molecule has 0 unspecified atom stereocenters. The molecule has 0 atom stereocenters. The van der Waals surface area contributed by atoms with Gasteiger partial charge in [0.1, 0.15) is 5.75 Å². The van der Waals surface area contributed by atoms with E-state index in [1.54, 1.807) is 19.2 Å². The van der Waals surface area contributed by atoms with Crippen molar-refractivity contribution in [2.45, 2.75) is 5.75 Å². The number of carboxylic acid groups (broad SMARTS) is 1. The lowest BCUT2D eigenvalue weighted by Gasteiger charge is -2.08. The third kappa shape index (κ3) is 4.36. The Morgan fingerprint density at radius 3 is 2.71 bits per heavy atom. The van der Waals surface area contributed by atoms with E-state index >= 15 is 0 Å². The molecule has 0 aliphatic heterocycles. The van der Waals surface area contributed by atoms with Gasteiger partial charge in [0.2, 0.25) is 0 Å². The summed E-state index contributed by atoms with van der Waals surface area (Å²) in [6.07, 6.45) is 0. The molecule has 0 aliphatic carbocycles. The Balaban J connectivity index is 2.06. The summed E-state index contributed by atoms with van der Waals surface area (Å²) in [6, 6.07) is 15.0. The molecule has 0 aliphatic rings. The summed E-state index contributed by atoms with van der Waals surface area (Å²) in [5.74, 6) is 0.532. The number of anilines is 1. The number of ether oxygens (including phenoxy) is 1. The van der Waals surface area contributed by atoms with E-state index in [2.05, 4.69) is 17.4 Å². The van der Waals surface area contributed by atoms with Gasteiger partial charge in [-0.3, -0.25) is 0 Å². The lowest BCUT2D eigenvalue weighted by molar-refractivity contribution is 0.0698. The zero-order valence-corrected chi connectivity index (χ0v) is 12.5. The summed E-state index contributed by atoms with van der Waals surface area (Å²) in [4.78, 5) is 11.2. The first-order valence-corrected chi connectivity index (χ1v) is 7.55. The normalized spacial score (nSPS) is 10.9. The van der Waals surface area contributed by atoms with Crippen molar-refractivity contribution >= 4 is 28.5 Å². The molecule has 0 fully saturated rings. The van der Waals surface area contributed by atoms with Crippen LogP contribution < -0.4 is 10.1 Å². The number of carboxylic acids is 1. The monoisotopic (exact) mass is 303 g/mol. The van der Waals surface area contributed by atoms with E-state index in [0.29, 0.717) is 11.4 Å². The Morgan fingerprint density at radius 2 is 2.05 bits per heavy atom. The predicted octanol–water partition coefficient (Wildman–Crippen LogP) is 3.23. The van der Waals surface area contributed by atoms with E-state index in [0.717, 1.165) is 17.1 Å². The fourth-order valence-electron chi connectivity index (χ4n) is 1.81. The van der Waals surface area contributed by atoms with Gasteiger partial charge < -0.3 is 15.2 Å². The third-order valence-electron chi connectivity index (χ3n) is 2.89. The van der Waals surface area contributed by atoms with E-state index in [1.807, 2.05) is 23.7 Å². The molecule has 0 bridgehead atoms. The van der Waals surface area contributed by atoms with Crippen LogP contribution >= 0.6 is 11.4 Å². The van der Waals surface area contributed by atoms with Crippen LogP contribution in [0, 0.1) is 0 Å². The topological polar surface area (TPSA) is 58.6 Å². The minimum atomic E-state index is -0.965. The van der Waals surface area contributed by atoms with E-state index in [4.69, 9.17) is 9.84 Å². The summed E-state index contributed by atoms with van der Waals surface area (Å²) in [6.45, 7) is 0. The highest BCUT2D eigenvalue weighted by Gasteiger charge is 2.09. The quantitative estimate of drug-likeness (QED) is 0.566. The van der Waals surface area contributed by atoms with Gasteiger partial charge in [-0.25, -0.2) is 4.79 Å². The minimum Gasteiger partial charge on any atom is -0.497 e. The second-order valence-corrected chi connectivity index (χ2v) is 5.26. The Labute approximate surface area is 127 Å². The van der Waals surface area contributed by atoms with Crippen LogP contribution in [0.1, 0.15) is 15.9 Å². The average molecular weight is 303 g/mol. The Bertz CT molecular complexity index is 641. The zero-order valence-electron chi connectivity index (χ0n) is 11.6. The molecule has 0 heterocycles. The van der Waals surface area contributed by atoms with Crippen LogP contribution in [0.4, 0.5) is 5.69 Å². The maximum atomic E-state index is 11.2. The largest absolute Gasteiger partial charge is 0.497 e. The fraction of sp³-hybridized carbons (Fsp3) is 0.125. The molecule has 0 spiro atoms. The van der Waals surface area contributed by atoms with Crippen LogP contribution in [0.25, 0.3) is 0 Å². The predicted molar refractivity (Wildman–Crippen MR) is 88.8 cm³/mol. The molecule has 5 heteroatoms. The highest BCUT2D eigenvalue weighted by Crippen LogP contribution is 2.22. The molecule has 110 valence electrons. The van der Waals surface area contributed by atoms with Crippen molar-refractivity contribution in [3.8, 4) is 5.75 Å². The van der Waals surface area contributed by atoms with Gasteiger partial charge in [-0.2, -0.15) is 11.4 Å². The Morgan fingerprint density at radius 1 is 1.29 bits per heavy atom. The number of carbonyl (C=O) groups is 1. The van der Waals surface area contributed by atoms with Crippen LogP contribution in [0.3, 0.4) is 0 Å². The fourth-order valence-corrected chi connectivity index (χ4v) is 2.55. The van der Waals surface area contributed by atoms with Crippen molar-refractivity contribution in [1.82, 2.24) is 0 Å². The van der Waals surface area contributed by atoms with Crippen molar-refractivity contribution in [1.29, 1.82) is 0 Å². The standard InChI is InChI=1S/C16H17NO3S/c1-20-13-7-8-14(16(18)19)15(9-13)17-11-21-10-12-5-3-2-4-6-12/h2-9,11,17,21H,10H2,1H3,(H,18,19). The first kappa shape index (κ1) is 15.1. The summed E-state index contributed by atoms with van der Waals surface area (Å²) >= 11 is 1.06. The number of aromatic carboxylic acids is 1. The number of nitrogens with one attached hydrogen (secondary N) is 1. The molecular formula is C16H17NO3S. The second-order valence-electron chi connectivity index (χ2n) is 4.32. The number of thiol groups is 1. The van der Waals surface area contributed by atoms with Crippen molar-refractivity contribution in [3.63, 3.8) is 0 Å². The minimum absolute atomic E-state index is 0.224. The highest BCUT2D eigenvalue weighted by atomic mass is 32.1. The molecule has 2 N–H and O–H groups in total. The third-order valence-corrected chi connectivity index (χ3v) is 3.74. The van der Waals surface area contributed by atoms with Gasteiger partial charge in [0.25, 0.3) is 0 Å². The number of benzene rings is 2. The first-order chi connectivity index (χ1) is 10.2. The van der Waals surface area contributed by atoms with Crippen molar-refractivity contribution in [3.05, 3.63) is 59.7 Å². The number of hydrogen-bond donors (Lipinski definition) is 3. The van der Waals surface area contributed by atoms with Crippen LogP contribution in [-0.4, -0.2) is 23.7 Å². The van der Waals surface area contributed by atoms with E-state index < -0.39 is 5.97 Å². The lowest BCUT2D eigenvalue weighted by Crippen LogP contribution is -2.04. The highest BCUT2D eigenvalue weighted by molar-refractivity contribution is 7.96. The van der Waals surface area contributed by atoms with Gasteiger partial charge >= 0.3 is 5.97 Å². The summed E-state index contributed by atoms with van der Waals surface area (Å²) in [7, 11) is 1.55. The molecule has 0 radical (unpaired) electrons. The van der Waals surface area contributed by atoms with Gasteiger partial charge in [-0.1, -0.05) is 30.3 Å². The molecule has 2 aromatic rings. The summed E-state index contributed by atoms with van der Waals surface area (Å²) in [5, 5.41) is 12.2. The Kier molecular flexibility index (Phi) is 5.40. The molecule has 0 aromatic heterocycles. The van der Waals surface area contributed by atoms with E-state index in [9.17, 15) is 4.79 Å². The van der Waals surface area contributed by atoms with Crippen LogP contribution in [-0.2, 0) is 5.75 Å². The molecule has 2 aromatic carbocycles. The van der Waals surface area contributed by atoms with Gasteiger partial charge in [0.05, 0.1) is 18.4 Å². The molecular weight excluding hydrogens is 286 g/mol. The van der Waals surface area contributed by atoms with Crippen LogP contribution in [0.5, 0.6) is 5.75 Å². The van der Waals surface area contributed by atoms with Crippen molar-refractivity contribution < 1.29 is 14.6 Å². The smallest absolute Gasteiger partial charge is 0.337 e. The average Bonchev–Trinajstić information content (AvgIpc) is 2.52.